The van der Waals surface area contributed by atoms with Crippen molar-refractivity contribution in [3.63, 3.8) is 0 Å². The Bertz CT molecular complexity index is 1140. The van der Waals surface area contributed by atoms with Gasteiger partial charge >= 0.3 is 12.1 Å². The van der Waals surface area contributed by atoms with Crippen LogP contribution in [0.1, 0.15) is 48.5 Å². The molecule has 1 aromatic heterocycles. The number of anilines is 2. The van der Waals surface area contributed by atoms with E-state index in [1.54, 1.807) is 23.1 Å². The van der Waals surface area contributed by atoms with Crippen molar-refractivity contribution in [2.24, 2.45) is 0 Å². The minimum absolute atomic E-state index is 0.108. The number of esters is 1. The number of hydrogen-bond acceptors (Lipinski definition) is 8. The Hall–Kier alpha value is -3.05. The highest BCUT2D eigenvalue weighted by Gasteiger charge is 2.32. The predicted molar refractivity (Wildman–Crippen MR) is 136 cm³/mol. The van der Waals surface area contributed by atoms with Gasteiger partial charge in [-0.25, -0.2) is 9.59 Å². The van der Waals surface area contributed by atoms with Gasteiger partial charge in [-0.2, -0.15) is 0 Å². The van der Waals surface area contributed by atoms with E-state index in [4.69, 9.17) is 9.47 Å². The van der Waals surface area contributed by atoms with Crippen LogP contribution in [-0.4, -0.2) is 53.8 Å². The Kier molecular flexibility index (Phi) is 8.44. The maximum atomic E-state index is 12.7. The second-order valence-corrected chi connectivity index (χ2v) is 11.1. The van der Waals surface area contributed by atoms with Gasteiger partial charge in [-0.05, 0) is 51.0 Å². The number of thiophene rings is 1. The molecule has 2 N–H and O–H groups in total. The first-order valence-corrected chi connectivity index (χ1v) is 12.8. The fraction of sp³-hybridized carbons (Fsp3) is 0.417. The summed E-state index contributed by atoms with van der Waals surface area (Å²) >= 11 is 2.57. The van der Waals surface area contributed by atoms with E-state index in [2.05, 4.69) is 10.6 Å². The van der Waals surface area contributed by atoms with Crippen molar-refractivity contribution in [3.05, 3.63) is 40.3 Å². The molecule has 0 aliphatic carbocycles. The minimum Gasteiger partial charge on any atom is -0.465 e. The zero-order valence-corrected chi connectivity index (χ0v) is 22.0. The van der Waals surface area contributed by atoms with Crippen molar-refractivity contribution >= 4 is 57.7 Å². The Balaban J connectivity index is 1.72. The zero-order chi connectivity index (χ0) is 25.8. The highest BCUT2D eigenvalue weighted by atomic mass is 32.2. The van der Waals surface area contributed by atoms with Crippen LogP contribution in [0.5, 0.6) is 0 Å². The van der Waals surface area contributed by atoms with Gasteiger partial charge in [-0.1, -0.05) is 6.07 Å². The van der Waals surface area contributed by atoms with Crippen molar-refractivity contribution < 1.29 is 28.7 Å². The van der Waals surface area contributed by atoms with Crippen LogP contribution in [0.4, 0.5) is 15.5 Å². The lowest BCUT2D eigenvalue weighted by molar-refractivity contribution is -0.114. The Morgan fingerprint density at radius 3 is 2.57 bits per heavy atom. The quantitative estimate of drug-likeness (QED) is 0.426. The van der Waals surface area contributed by atoms with Crippen molar-refractivity contribution in [2.45, 2.75) is 51.2 Å². The number of hydrogen-bond donors (Lipinski definition) is 2. The second kappa shape index (κ2) is 11.1. The molecule has 3 rings (SSSR count). The number of methoxy groups -OCH3 is 1. The number of fused-ring (bicyclic) bond motifs is 1. The number of nitrogens with one attached hydrogen (secondary N) is 2. The van der Waals surface area contributed by atoms with Crippen LogP contribution in [0.15, 0.2) is 29.2 Å². The van der Waals surface area contributed by atoms with Crippen molar-refractivity contribution in [3.8, 4) is 0 Å². The van der Waals surface area contributed by atoms with E-state index in [9.17, 15) is 19.2 Å². The lowest BCUT2D eigenvalue weighted by Gasteiger charge is -2.30. The first-order valence-electron chi connectivity index (χ1n) is 11.0. The van der Waals surface area contributed by atoms with Gasteiger partial charge in [0.05, 0.1) is 25.0 Å². The number of nitrogens with zero attached hydrogens (tertiary/aromatic N) is 1. The molecule has 0 radical (unpaired) electrons. The fourth-order valence-corrected chi connectivity index (χ4v) is 5.49. The normalized spacial score (nSPS) is 13.0. The smallest absolute Gasteiger partial charge is 0.410 e. The molecule has 0 unspecified atom stereocenters. The lowest BCUT2D eigenvalue weighted by atomic mass is 10.0. The maximum absolute atomic E-state index is 12.7. The standard InChI is InChI=1S/C24H29N3O6S2/c1-14(28)25-15-7-6-8-16(11-15)34-13-19(29)26-21-20(22(30)32-5)17-9-10-27(12-18(17)35-21)23(31)33-24(2,3)4/h6-8,11H,9-10,12-13H2,1-5H3,(H,25,28)(H,26,29). The summed E-state index contributed by atoms with van der Waals surface area (Å²) in [6.45, 7) is 7.54. The molecule has 35 heavy (non-hydrogen) atoms. The molecule has 0 saturated carbocycles. The molecule has 9 nitrogen and oxygen atoms in total. The number of amides is 3. The SMILES string of the molecule is COC(=O)c1c(NC(=O)CSc2cccc(NC(C)=O)c2)sc2c1CCN(C(=O)OC(C)(C)C)C2. The van der Waals surface area contributed by atoms with Crippen LogP contribution in [0.25, 0.3) is 0 Å². The minimum atomic E-state index is -0.609. The maximum Gasteiger partial charge on any atom is 0.410 e. The van der Waals surface area contributed by atoms with Gasteiger partial charge in [0.25, 0.3) is 0 Å². The summed E-state index contributed by atoms with van der Waals surface area (Å²) in [6.07, 6.45) is 0.0374. The third kappa shape index (κ3) is 7.22. The summed E-state index contributed by atoms with van der Waals surface area (Å²) in [5.41, 5.74) is 1.16. The largest absolute Gasteiger partial charge is 0.465 e. The van der Waals surface area contributed by atoms with Crippen LogP contribution in [0, 0.1) is 0 Å². The monoisotopic (exact) mass is 519 g/mol. The van der Waals surface area contributed by atoms with E-state index in [1.807, 2.05) is 26.8 Å². The summed E-state index contributed by atoms with van der Waals surface area (Å²) in [6, 6.07) is 7.20. The first-order chi connectivity index (χ1) is 16.5. The van der Waals surface area contributed by atoms with E-state index >= 15 is 0 Å². The molecule has 1 aliphatic heterocycles. The number of thioether (sulfide) groups is 1. The summed E-state index contributed by atoms with van der Waals surface area (Å²) in [7, 11) is 1.30. The molecule has 1 aromatic carbocycles. The lowest BCUT2D eigenvalue weighted by Crippen LogP contribution is -2.39. The van der Waals surface area contributed by atoms with Crippen LogP contribution in [0.2, 0.25) is 0 Å². The molecule has 0 spiro atoms. The third-order valence-electron chi connectivity index (χ3n) is 4.88. The molecule has 2 aromatic rings. The predicted octanol–water partition coefficient (Wildman–Crippen LogP) is 4.52. The summed E-state index contributed by atoms with van der Waals surface area (Å²) in [5.74, 6) is -0.879. The van der Waals surface area contributed by atoms with Crippen LogP contribution >= 0.6 is 23.1 Å². The van der Waals surface area contributed by atoms with Crippen LogP contribution < -0.4 is 10.6 Å². The molecule has 3 amide bonds. The van der Waals surface area contributed by atoms with Gasteiger partial charge in [0.1, 0.15) is 10.6 Å². The van der Waals surface area contributed by atoms with E-state index in [0.717, 1.165) is 15.3 Å². The Labute approximate surface area is 212 Å². The van der Waals surface area contributed by atoms with E-state index < -0.39 is 17.7 Å². The van der Waals surface area contributed by atoms with E-state index in [-0.39, 0.29) is 17.6 Å². The molecule has 2 heterocycles. The van der Waals surface area contributed by atoms with Crippen molar-refractivity contribution in [2.75, 3.05) is 30.0 Å². The Morgan fingerprint density at radius 2 is 1.91 bits per heavy atom. The van der Waals surface area contributed by atoms with Gasteiger partial charge in [-0.15, -0.1) is 23.1 Å². The van der Waals surface area contributed by atoms with Gasteiger partial charge in [-0.3, -0.25) is 9.59 Å². The van der Waals surface area contributed by atoms with Crippen LogP contribution in [0.3, 0.4) is 0 Å². The number of rotatable bonds is 6. The molecule has 0 fully saturated rings. The number of carbonyl (C=O) groups excluding carboxylic acids is 4. The highest BCUT2D eigenvalue weighted by molar-refractivity contribution is 8.00. The van der Waals surface area contributed by atoms with Crippen molar-refractivity contribution in [1.82, 2.24) is 4.90 Å². The average molecular weight is 520 g/mol. The zero-order valence-electron chi connectivity index (χ0n) is 20.4. The molecule has 188 valence electrons. The number of benzene rings is 1. The molecular weight excluding hydrogens is 490 g/mol. The van der Waals surface area contributed by atoms with Crippen molar-refractivity contribution in [1.29, 1.82) is 0 Å². The molecule has 1 aliphatic rings. The number of ether oxygens (including phenoxy) is 2. The second-order valence-electron chi connectivity index (χ2n) is 8.90. The summed E-state index contributed by atoms with van der Waals surface area (Å²) < 4.78 is 10.4. The van der Waals surface area contributed by atoms with Crippen LogP contribution in [-0.2, 0) is 32.0 Å². The molecule has 0 saturated heterocycles. The Morgan fingerprint density at radius 1 is 1.17 bits per heavy atom. The van der Waals surface area contributed by atoms with E-state index in [0.29, 0.717) is 35.8 Å². The molecule has 0 atom stereocenters. The third-order valence-corrected chi connectivity index (χ3v) is 7.00. The van der Waals surface area contributed by atoms with Gasteiger partial charge in [0.15, 0.2) is 0 Å². The molecule has 0 bridgehead atoms. The molecule has 11 heteroatoms. The first kappa shape index (κ1) is 26.6. The van der Waals surface area contributed by atoms with Gasteiger partial charge in [0.2, 0.25) is 11.8 Å². The topological polar surface area (TPSA) is 114 Å². The molecular formula is C24H29N3O6S2. The highest BCUT2D eigenvalue weighted by Crippen LogP contribution is 2.38. The van der Waals surface area contributed by atoms with E-state index in [1.165, 1.54) is 37.1 Å². The summed E-state index contributed by atoms with van der Waals surface area (Å²) in [4.78, 5) is 52.3. The fourth-order valence-electron chi connectivity index (χ4n) is 3.47. The average Bonchev–Trinajstić information content (AvgIpc) is 3.12. The number of carbonyl (C=O) groups is 4. The van der Waals surface area contributed by atoms with Gasteiger partial charge < -0.3 is 25.0 Å². The van der Waals surface area contributed by atoms with Gasteiger partial charge in [0, 0.05) is 28.9 Å². The summed E-state index contributed by atoms with van der Waals surface area (Å²) in [5, 5.41) is 5.95.